The highest BCUT2D eigenvalue weighted by molar-refractivity contribution is 5.98. The van der Waals surface area contributed by atoms with E-state index in [0.29, 0.717) is 49.4 Å². The van der Waals surface area contributed by atoms with E-state index in [1.54, 1.807) is 35.4 Å². The van der Waals surface area contributed by atoms with Crippen LogP contribution in [0.3, 0.4) is 0 Å². The first-order chi connectivity index (χ1) is 21.5. The van der Waals surface area contributed by atoms with Crippen LogP contribution in [0.25, 0.3) is 0 Å². The zero-order valence-electron chi connectivity index (χ0n) is 24.6. The summed E-state index contributed by atoms with van der Waals surface area (Å²) < 4.78 is 5.77. The maximum absolute atomic E-state index is 13.6. The molecule has 2 aliphatic heterocycles. The van der Waals surface area contributed by atoms with Crippen LogP contribution < -0.4 is 26.0 Å². The third-order valence-electron chi connectivity index (χ3n) is 7.84. The summed E-state index contributed by atoms with van der Waals surface area (Å²) in [5.74, 6) is -0.667. The number of carbonyl (C=O) groups excluding carboxylic acids is 4. The fourth-order valence-corrected chi connectivity index (χ4v) is 5.52. The molecule has 0 saturated carbocycles. The minimum Gasteiger partial charge on any atom is -0.492 e. The Balaban J connectivity index is 1.26. The number of nitrogens with one attached hydrogen (secondary N) is 5. The van der Waals surface area contributed by atoms with Gasteiger partial charge in [-0.3, -0.25) is 24.5 Å². The smallest absolute Gasteiger partial charge is 0.252 e. The monoisotopic (exact) mass is 601 g/mol. The van der Waals surface area contributed by atoms with E-state index in [-0.39, 0.29) is 55.9 Å². The van der Waals surface area contributed by atoms with E-state index in [1.807, 2.05) is 30.3 Å². The molecule has 2 aromatic carbocycles. The Morgan fingerprint density at radius 2 is 1.84 bits per heavy atom. The lowest BCUT2D eigenvalue weighted by Gasteiger charge is -2.26. The standard InChI is InChI=1S/C32H39N7O5/c40-29-20-39(32(43)27-12-11-26(37-27)22-7-2-1-3-8-22)15-5-4-13-35-31(42)28(18-24-19-33-21-36-24)38-30(41)23-9-6-10-25(17-23)44-16-14-34-29/h1-3,6-10,17,19,21,26-28,37H,4-5,11-16,18,20H2,(H,33,36)(H,34,40)(H,35,42)(H,38,41)/t26-,27-,28?/m1/s1. The average molecular weight is 602 g/mol. The van der Waals surface area contributed by atoms with E-state index >= 15 is 0 Å². The van der Waals surface area contributed by atoms with Crippen molar-refractivity contribution in [3.63, 3.8) is 0 Å². The Hall–Kier alpha value is -4.71. The number of hydrogen-bond acceptors (Lipinski definition) is 7. The predicted octanol–water partition coefficient (Wildman–Crippen LogP) is 1.48. The van der Waals surface area contributed by atoms with Crippen molar-refractivity contribution in [2.75, 3.05) is 32.8 Å². The number of imidazole rings is 1. The van der Waals surface area contributed by atoms with Gasteiger partial charge in [-0.2, -0.15) is 0 Å². The topological polar surface area (TPSA) is 158 Å². The lowest BCUT2D eigenvalue weighted by molar-refractivity contribution is -0.137. The van der Waals surface area contributed by atoms with E-state index in [4.69, 9.17) is 4.74 Å². The van der Waals surface area contributed by atoms with Crippen LogP contribution in [0.1, 0.15) is 53.3 Å². The van der Waals surface area contributed by atoms with Gasteiger partial charge in [0.25, 0.3) is 5.91 Å². The number of ether oxygens (including phenoxy) is 1. The van der Waals surface area contributed by atoms with E-state index in [2.05, 4.69) is 31.2 Å². The Labute approximate surface area is 256 Å². The SMILES string of the molecule is O=C1CN(C(=O)[C@H]2CC[C@H](c3ccccc3)N2)CCCCNC(=O)C(Cc2cnc[nH]2)NC(=O)c2cccc(c2)OCCN1. The van der Waals surface area contributed by atoms with Crippen LogP contribution in [0.5, 0.6) is 5.75 Å². The van der Waals surface area contributed by atoms with Crippen LogP contribution in [0, 0.1) is 0 Å². The minimum atomic E-state index is -0.833. The molecule has 2 bridgehead atoms. The zero-order valence-corrected chi connectivity index (χ0v) is 24.6. The lowest BCUT2D eigenvalue weighted by Crippen LogP contribution is -2.49. The molecule has 5 N–H and O–H groups in total. The predicted molar refractivity (Wildman–Crippen MR) is 163 cm³/mol. The summed E-state index contributed by atoms with van der Waals surface area (Å²) in [5.41, 5.74) is 2.19. The van der Waals surface area contributed by atoms with E-state index < -0.39 is 11.9 Å². The van der Waals surface area contributed by atoms with Crippen molar-refractivity contribution in [3.8, 4) is 5.75 Å². The third-order valence-corrected chi connectivity index (χ3v) is 7.84. The molecule has 1 saturated heterocycles. The van der Waals surface area contributed by atoms with Crippen molar-refractivity contribution in [1.29, 1.82) is 0 Å². The molecule has 5 rings (SSSR count). The molecule has 3 aromatic rings. The third kappa shape index (κ3) is 8.44. The molecule has 232 valence electrons. The minimum absolute atomic E-state index is 0.0699. The van der Waals surface area contributed by atoms with Crippen LogP contribution in [-0.4, -0.2) is 83.4 Å². The highest BCUT2D eigenvalue weighted by Crippen LogP contribution is 2.27. The molecule has 3 heterocycles. The van der Waals surface area contributed by atoms with E-state index in [0.717, 1.165) is 12.0 Å². The van der Waals surface area contributed by atoms with Gasteiger partial charge in [0.15, 0.2) is 0 Å². The normalized spacial score (nSPS) is 22.4. The second kappa shape index (κ2) is 15.1. The van der Waals surface area contributed by atoms with Crippen molar-refractivity contribution < 1.29 is 23.9 Å². The second-order valence-electron chi connectivity index (χ2n) is 11.1. The lowest BCUT2D eigenvalue weighted by atomic mass is 10.1. The molecule has 12 nitrogen and oxygen atoms in total. The molecule has 44 heavy (non-hydrogen) atoms. The summed E-state index contributed by atoms with van der Waals surface area (Å²) in [4.78, 5) is 61.3. The van der Waals surface area contributed by atoms with E-state index in [1.165, 1.54) is 6.33 Å². The van der Waals surface area contributed by atoms with E-state index in [9.17, 15) is 19.2 Å². The molecule has 0 spiro atoms. The summed E-state index contributed by atoms with van der Waals surface area (Å²) in [6.07, 6.45) is 6.06. The quantitative estimate of drug-likeness (QED) is 0.303. The largest absolute Gasteiger partial charge is 0.492 e. The van der Waals surface area contributed by atoms with Gasteiger partial charge in [0.05, 0.1) is 25.5 Å². The first-order valence-electron chi connectivity index (χ1n) is 15.1. The van der Waals surface area contributed by atoms with Crippen LogP contribution in [0.15, 0.2) is 67.1 Å². The molecular formula is C32H39N7O5. The van der Waals surface area contributed by atoms with Gasteiger partial charge in [-0.05, 0) is 49.4 Å². The summed E-state index contributed by atoms with van der Waals surface area (Å²) in [7, 11) is 0. The molecule has 4 amide bonds. The van der Waals surface area contributed by atoms with Gasteiger partial charge in [-0.15, -0.1) is 0 Å². The van der Waals surface area contributed by atoms with Gasteiger partial charge < -0.3 is 30.6 Å². The van der Waals surface area contributed by atoms with Gasteiger partial charge >= 0.3 is 0 Å². The molecule has 12 heteroatoms. The van der Waals surface area contributed by atoms with Crippen molar-refractivity contribution in [2.24, 2.45) is 0 Å². The van der Waals surface area contributed by atoms with Gasteiger partial charge in [-0.25, -0.2) is 4.98 Å². The van der Waals surface area contributed by atoms with Crippen molar-refractivity contribution in [3.05, 3.63) is 83.9 Å². The van der Waals surface area contributed by atoms with Crippen LogP contribution in [-0.2, 0) is 20.8 Å². The molecule has 0 radical (unpaired) electrons. The second-order valence-corrected chi connectivity index (χ2v) is 11.1. The number of carbonyl (C=O) groups is 4. The van der Waals surface area contributed by atoms with Gasteiger partial charge in [0.1, 0.15) is 18.4 Å². The fraction of sp³-hybridized carbons (Fsp3) is 0.406. The number of nitrogens with zero attached hydrogens (tertiary/aromatic N) is 2. The Morgan fingerprint density at radius 3 is 2.66 bits per heavy atom. The Kier molecular flexibility index (Phi) is 10.6. The van der Waals surface area contributed by atoms with Crippen molar-refractivity contribution >= 4 is 23.6 Å². The molecule has 3 atom stereocenters. The van der Waals surface area contributed by atoms with Crippen molar-refractivity contribution in [1.82, 2.24) is 36.1 Å². The summed E-state index contributed by atoms with van der Waals surface area (Å²) >= 11 is 0. The van der Waals surface area contributed by atoms with Crippen LogP contribution in [0.4, 0.5) is 0 Å². The maximum atomic E-state index is 13.6. The summed E-state index contributed by atoms with van der Waals surface area (Å²) in [6.45, 7) is 1.06. The molecule has 1 fully saturated rings. The highest BCUT2D eigenvalue weighted by Gasteiger charge is 2.33. The number of aromatic amines is 1. The van der Waals surface area contributed by atoms with Crippen LogP contribution in [0.2, 0.25) is 0 Å². The molecule has 0 aliphatic carbocycles. The number of rotatable bonds is 4. The average Bonchev–Trinajstić information content (AvgIpc) is 3.75. The van der Waals surface area contributed by atoms with Gasteiger partial charge in [0.2, 0.25) is 17.7 Å². The summed E-state index contributed by atoms with van der Waals surface area (Å²) in [5, 5.41) is 12.0. The molecule has 2 aliphatic rings. The first kappa shape index (κ1) is 30.7. The van der Waals surface area contributed by atoms with Crippen molar-refractivity contribution in [2.45, 2.75) is 50.2 Å². The van der Waals surface area contributed by atoms with Crippen LogP contribution >= 0.6 is 0 Å². The highest BCUT2D eigenvalue weighted by atomic mass is 16.5. The number of amides is 4. The number of aromatic nitrogens is 2. The Bertz CT molecular complexity index is 1420. The zero-order chi connectivity index (χ0) is 30.7. The number of fused-ring (bicyclic) bond motifs is 2. The Morgan fingerprint density at radius 1 is 0.977 bits per heavy atom. The maximum Gasteiger partial charge on any atom is 0.252 e. The molecule has 1 unspecified atom stereocenters. The van der Waals surface area contributed by atoms with Gasteiger partial charge in [0, 0.05) is 43.0 Å². The number of hydrogen-bond donors (Lipinski definition) is 5. The van der Waals surface area contributed by atoms with Gasteiger partial charge in [-0.1, -0.05) is 36.4 Å². The fourth-order valence-electron chi connectivity index (χ4n) is 5.52. The number of benzene rings is 2. The molecule has 1 aromatic heterocycles. The molecular weight excluding hydrogens is 562 g/mol. The summed E-state index contributed by atoms with van der Waals surface area (Å²) in [6, 6.07) is 15.6. The first-order valence-corrected chi connectivity index (χ1v) is 15.1. The number of H-pyrrole nitrogens is 1.